The van der Waals surface area contributed by atoms with E-state index in [1.54, 1.807) is 0 Å². The Morgan fingerprint density at radius 3 is 2.41 bits per heavy atom. The number of ether oxygens (including phenoxy) is 2. The van der Waals surface area contributed by atoms with E-state index in [1.165, 1.54) is 6.92 Å². The van der Waals surface area contributed by atoms with Crippen molar-refractivity contribution in [2.75, 3.05) is 13.2 Å². The lowest BCUT2D eigenvalue weighted by atomic mass is 9.99. The second-order valence-corrected chi connectivity index (χ2v) is 4.02. The maximum atomic E-state index is 10.7. The number of ketones is 1. The fourth-order valence-corrected chi connectivity index (χ4v) is 1.52. The molecule has 4 N–H and O–H groups in total. The number of rotatable bonds is 5. The molecule has 1 rings (SSSR count). The highest BCUT2D eigenvalue weighted by atomic mass is 16.7. The number of hydrogen-bond acceptors (Lipinski definition) is 7. The van der Waals surface area contributed by atoms with Gasteiger partial charge in [-0.25, -0.2) is 0 Å². The van der Waals surface area contributed by atoms with Gasteiger partial charge in [0.15, 0.2) is 6.29 Å². The van der Waals surface area contributed by atoms with Crippen LogP contribution in [0.3, 0.4) is 0 Å². The Morgan fingerprint density at radius 1 is 1.24 bits per heavy atom. The molecule has 0 aliphatic carbocycles. The molecular weight excluding hydrogens is 232 g/mol. The first-order chi connectivity index (χ1) is 7.97. The lowest BCUT2D eigenvalue weighted by Crippen LogP contribution is -2.59. The van der Waals surface area contributed by atoms with Crippen LogP contribution < -0.4 is 0 Å². The molecule has 7 heteroatoms. The molecule has 1 saturated heterocycles. The van der Waals surface area contributed by atoms with E-state index in [0.29, 0.717) is 0 Å². The fourth-order valence-electron chi connectivity index (χ4n) is 1.52. The molecule has 0 bridgehead atoms. The summed E-state index contributed by atoms with van der Waals surface area (Å²) >= 11 is 0. The molecule has 17 heavy (non-hydrogen) atoms. The Morgan fingerprint density at radius 2 is 1.88 bits per heavy atom. The fraction of sp³-hybridized carbons (Fsp3) is 0.900. The minimum absolute atomic E-state index is 0.0397. The molecule has 0 amide bonds. The molecule has 0 aromatic heterocycles. The van der Waals surface area contributed by atoms with Crippen molar-refractivity contribution < 1.29 is 34.7 Å². The predicted octanol–water partition coefficient (Wildman–Crippen LogP) is -2.22. The Bertz CT molecular complexity index is 255. The van der Waals surface area contributed by atoms with Crippen LogP contribution in [0.2, 0.25) is 0 Å². The largest absolute Gasteiger partial charge is 0.394 e. The second kappa shape index (κ2) is 6.39. The molecule has 0 radical (unpaired) electrons. The molecule has 0 spiro atoms. The summed E-state index contributed by atoms with van der Waals surface area (Å²) in [5.74, 6) is -0.0745. The van der Waals surface area contributed by atoms with Gasteiger partial charge in [0.1, 0.15) is 30.2 Å². The summed E-state index contributed by atoms with van der Waals surface area (Å²) < 4.78 is 10.2. The molecular formula is C10H18O7. The number of Topliss-reactive ketones (excluding diaryl/α,β-unsaturated/α-hetero) is 1. The summed E-state index contributed by atoms with van der Waals surface area (Å²) in [5, 5.41) is 37.4. The van der Waals surface area contributed by atoms with Gasteiger partial charge in [0.05, 0.1) is 13.2 Å². The average molecular weight is 250 g/mol. The van der Waals surface area contributed by atoms with Crippen LogP contribution in [0.1, 0.15) is 13.3 Å². The standard InChI is InChI=1S/C10H18O7/c1-5(12)2-3-16-10-9(15)8(14)7(13)6(4-11)17-10/h6-11,13-15H,2-4H2,1H3/t6-,7-,8+,9-,10+/m1/s1. The monoisotopic (exact) mass is 250 g/mol. The van der Waals surface area contributed by atoms with Gasteiger partial charge in [0.2, 0.25) is 0 Å². The molecule has 0 saturated carbocycles. The summed E-state index contributed by atoms with van der Waals surface area (Å²) in [6.45, 7) is 0.937. The van der Waals surface area contributed by atoms with E-state index in [2.05, 4.69) is 0 Å². The molecule has 0 aromatic carbocycles. The minimum Gasteiger partial charge on any atom is -0.394 e. The summed E-state index contributed by atoms with van der Waals surface area (Å²) in [4.78, 5) is 10.7. The Hall–Kier alpha value is -0.570. The van der Waals surface area contributed by atoms with Crippen LogP contribution in [-0.4, -0.2) is 70.1 Å². The van der Waals surface area contributed by atoms with Gasteiger partial charge in [0.25, 0.3) is 0 Å². The lowest BCUT2D eigenvalue weighted by molar-refractivity contribution is -0.300. The Balaban J connectivity index is 2.50. The van der Waals surface area contributed by atoms with Crippen LogP contribution in [0.25, 0.3) is 0 Å². The molecule has 0 aromatic rings. The van der Waals surface area contributed by atoms with E-state index in [-0.39, 0.29) is 18.8 Å². The zero-order chi connectivity index (χ0) is 13.0. The van der Waals surface area contributed by atoms with Crippen molar-refractivity contribution in [3.8, 4) is 0 Å². The van der Waals surface area contributed by atoms with Crippen molar-refractivity contribution in [1.29, 1.82) is 0 Å². The molecule has 7 nitrogen and oxygen atoms in total. The molecule has 1 aliphatic rings. The van der Waals surface area contributed by atoms with Crippen LogP contribution in [0, 0.1) is 0 Å². The minimum atomic E-state index is -1.46. The van der Waals surface area contributed by atoms with E-state index in [9.17, 15) is 20.1 Å². The van der Waals surface area contributed by atoms with Gasteiger partial charge < -0.3 is 29.9 Å². The first-order valence-electron chi connectivity index (χ1n) is 5.39. The first kappa shape index (κ1) is 14.5. The van der Waals surface area contributed by atoms with E-state index in [4.69, 9.17) is 14.6 Å². The van der Waals surface area contributed by atoms with Crippen LogP contribution in [-0.2, 0) is 14.3 Å². The molecule has 1 fully saturated rings. The highest BCUT2D eigenvalue weighted by molar-refractivity contribution is 5.75. The third-order valence-electron chi connectivity index (χ3n) is 2.58. The van der Waals surface area contributed by atoms with Crippen LogP contribution in [0.5, 0.6) is 0 Å². The quantitative estimate of drug-likeness (QED) is 0.437. The van der Waals surface area contributed by atoms with Crippen molar-refractivity contribution in [2.24, 2.45) is 0 Å². The third kappa shape index (κ3) is 3.70. The molecule has 0 unspecified atom stereocenters. The first-order valence-corrected chi connectivity index (χ1v) is 5.39. The summed E-state index contributed by atoms with van der Waals surface area (Å²) in [6.07, 6.45) is -6.26. The SMILES string of the molecule is CC(=O)CCO[C@H]1O[C@H](CO)[C@@H](O)[C@H](O)[C@H]1O. The Kier molecular flexibility index (Phi) is 5.44. The number of carbonyl (C=O) groups is 1. The maximum Gasteiger partial charge on any atom is 0.186 e. The van der Waals surface area contributed by atoms with Gasteiger partial charge in [-0.3, -0.25) is 4.79 Å². The number of carbonyl (C=O) groups excluding carboxylic acids is 1. The van der Waals surface area contributed by atoms with Crippen LogP contribution >= 0.6 is 0 Å². The number of aliphatic hydroxyl groups excluding tert-OH is 4. The van der Waals surface area contributed by atoms with Crippen molar-refractivity contribution in [1.82, 2.24) is 0 Å². The summed E-state index contributed by atoms with van der Waals surface area (Å²) in [5.41, 5.74) is 0. The summed E-state index contributed by atoms with van der Waals surface area (Å²) in [7, 11) is 0. The number of hydrogen-bond donors (Lipinski definition) is 4. The van der Waals surface area contributed by atoms with Crippen molar-refractivity contribution in [3.63, 3.8) is 0 Å². The summed E-state index contributed by atoms with van der Waals surface area (Å²) in [6, 6.07) is 0. The van der Waals surface area contributed by atoms with Crippen LogP contribution in [0.4, 0.5) is 0 Å². The maximum absolute atomic E-state index is 10.7. The van der Waals surface area contributed by atoms with Crippen LogP contribution in [0.15, 0.2) is 0 Å². The average Bonchev–Trinajstić information content (AvgIpc) is 2.29. The topological polar surface area (TPSA) is 116 Å². The van der Waals surface area contributed by atoms with Gasteiger partial charge in [-0.05, 0) is 6.92 Å². The highest BCUT2D eigenvalue weighted by Gasteiger charge is 2.43. The van der Waals surface area contributed by atoms with Crippen molar-refractivity contribution >= 4 is 5.78 Å². The molecule has 100 valence electrons. The Labute approximate surface area is 98.6 Å². The zero-order valence-corrected chi connectivity index (χ0v) is 9.52. The lowest BCUT2D eigenvalue weighted by Gasteiger charge is -2.39. The second-order valence-electron chi connectivity index (χ2n) is 4.02. The van der Waals surface area contributed by atoms with E-state index in [1.807, 2.05) is 0 Å². The van der Waals surface area contributed by atoms with Gasteiger partial charge in [0, 0.05) is 6.42 Å². The zero-order valence-electron chi connectivity index (χ0n) is 9.52. The molecule has 1 heterocycles. The molecule has 5 atom stereocenters. The molecule has 1 aliphatic heterocycles. The third-order valence-corrected chi connectivity index (χ3v) is 2.58. The predicted molar refractivity (Wildman–Crippen MR) is 55.0 cm³/mol. The van der Waals surface area contributed by atoms with Gasteiger partial charge in [-0.2, -0.15) is 0 Å². The van der Waals surface area contributed by atoms with E-state index >= 15 is 0 Å². The van der Waals surface area contributed by atoms with Gasteiger partial charge >= 0.3 is 0 Å². The van der Waals surface area contributed by atoms with Crippen molar-refractivity contribution in [3.05, 3.63) is 0 Å². The van der Waals surface area contributed by atoms with E-state index < -0.39 is 37.3 Å². The number of aliphatic hydroxyl groups is 4. The smallest absolute Gasteiger partial charge is 0.186 e. The van der Waals surface area contributed by atoms with Gasteiger partial charge in [-0.15, -0.1) is 0 Å². The normalized spacial score (nSPS) is 38.1. The van der Waals surface area contributed by atoms with E-state index in [0.717, 1.165) is 0 Å². The van der Waals surface area contributed by atoms with Crippen molar-refractivity contribution in [2.45, 2.75) is 44.1 Å². The van der Waals surface area contributed by atoms with Gasteiger partial charge in [-0.1, -0.05) is 0 Å². The highest BCUT2D eigenvalue weighted by Crippen LogP contribution is 2.21.